The molecule has 3 rings (SSSR count). The van der Waals surface area contributed by atoms with Crippen LogP contribution in [0.15, 0.2) is 41.0 Å². The third-order valence-corrected chi connectivity index (χ3v) is 4.17. The van der Waals surface area contributed by atoms with E-state index in [-0.39, 0.29) is 0 Å². The number of rotatable bonds is 3. The number of nitrogens with two attached hydrogens (primary N) is 1. The lowest BCUT2D eigenvalue weighted by Crippen LogP contribution is -2.04. The van der Waals surface area contributed by atoms with Crippen molar-refractivity contribution in [3.63, 3.8) is 0 Å². The molecule has 3 aromatic rings. The molecule has 0 fully saturated rings. The van der Waals surface area contributed by atoms with E-state index in [1.165, 1.54) is 0 Å². The predicted molar refractivity (Wildman–Crippen MR) is 87.0 cm³/mol. The predicted octanol–water partition coefficient (Wildman–Crippen LogP) is 4.15. The first-order chi connectivity index (χ1) is 9.72. The fraction of sp³-hybridized carbons (Fsp3) is 0.133. The molecule has 0 radical (unpaired) electrons. The van der Waals surface area contributed by atoms with Crippen molar-refractivity contribution >= 4 is 38.4 Å². The second kappa shape index (κ2) is 5.56. The lowest BCUT2D eigenvalue weighted by atomic mass is 9.95. The van der Waals surface area contributed by atoms with E-state index in [4.69, 9.17) is 17.3 Å². The van der Waals surface area contributed by atoms with E-state index >= 15 is 0 Å². The minimum absolute atomic E-state index is 0.577. The summed E-state index contributed by atoms with van der Waals surface area (Å²) in [5.41, 5.74) is 9.94. The molecule has 0 bridgehead atoms. The van der Waals surface area contributed by atoms with Crippen LogP contribution in [0, 0.1) is 0 Å². The molecule has 0 aliphatic heterocycles. The zero-order valence-corrected chi connectivity index (χ0v) is 13.0. The molecule has 3 nitrogen and oxygen atoms in total. The molecule has 0 spiro atoms. The molecule has 1 heterocycles. The lowest BCUT2D eigenvalue weighted by Gasteiger charge is -2.11. The van der Waals surface area contributed by atoms with Crippen LogP contribution < -0.4 is 5.73 Å². The van der Waals surface area contributed by atoms with Gasteiger partial charge in [0.05, 0.1) is 10.4 Å². The van der Waals surface area contributed by atoms with Crippen LogP contribution in [0.5, 0.6) is 0 Å². The number of fused-ring (bicyclic) bond motifs is 1. The van der Waals surface area contributed by atoms with Gasteiger partial charge in [0.15, 0.2) is 0 Å². The normalized spacial score (nSPS) is 11.2. The SMILES string of the molecule is NCCc1cc(Cl)c2c(Br)[nH]nc2c1-c1ccccc1. The summed E-state index contributed by atoms with van der Waals surface area (Å²) in [5, 5.41) is 8.94. The first kappa shape index (κ1) is 13.6. The maximum atomic E-state index is 6.37. The van der Waals surface area contributed by atoms with E-state index in [1.807, 2.05) is 24.3 Å². The quantitative estimate of drug-likeness (QED) is 0.745. The summed E-state index contributed by atoms with van der Waals surface area (Å²) in [6.45, 7) is 0.577. The van der Waals surface area contributed by atoms with Gasteiger partial charge in [-0.2, -0.15) is 5.10 Å². The van der Waals surface area contributed by atoms with E-state index < -0.39 is 0 Å². The van der Waals surface area contributed by atoms with Crippen molar-refractivity contribution in [2.24, 2.45) is 5.73 Å². The molecule has 0 amide bonds. The molecule has 2 aromatic carbocycles. The zero-order valence-electron chi connectivity index (χ0n) is 10.7. The molecule has 0 saturated heterocycles. The van der Waals surface area contributed by atoms with Gasteiger partial charge in [-0.1, -0.05) is 41.9 Å². The number of aromatic nitrogens is 2. The van der Waals surface area contributed by atoms with Gasteiger partial charge in [0, 0.05) is 5.56 Å². The van der Waals surface area contributed by atoms with Crippen molar-refractivity contribution in [3.8, 4) is 11.1 Å². The van der Waals surface area contributed by atoms with Crippen LogP contribution in [-0.2, 0) is 6.42 Å². The number of benzene rings is 2. The third-order valence-electron chi connectivity index (χ3n) is 3.30. The summed E-state index contributed by atoms with van der Waals surface area (Å²) in [4.78, 5) is 0. The fourth-order valence-corrected chi connectivity index (χ4v) is 3.37. The van der Waals surface area contributed by atoms with Gasteiger partial charge in [-0.3, -0.25) is 5.10 Å². The summed E-state index contributed by atoms with van der Waals surface area (Å²) in [6.07, 6.45) is 0.768. The number of nitrogens with one attached hydrogen (secondary N) is 1. The number of halogens is 2. The monoisotopic (exact) mass is 349 g/mol. The molecule has 0 atom stereocenters. The van der Waals surface area contributed by atoms with Crippen molar-refractivity contribution < 1.29 is 0 Å². The molecule has 20 heavy (non-hydrogen) atoms. The molecule has 0 unspecified atom stereocenters. The summed E-state index contributed by atoms with van der Waals surface area (Å²) in [6, 6.07) is 12.2. The van der Waals surface area contributed by atoms with Gasteiger partial charge < -0.3 is 5.73 Å². The van der Waals surface area contributed by atoms with Crippen molar-refractivity contribution in [2.75, 3.05) is 6.54 Å². The molecule has 5 heteroatoms. The highest BCUT2D eigenvalue weighted by atomic mass is 79.9. The number of hydrogen-bond donors (Lipinski definition) is 2. The Morgan fingerprint density at radius 1 is 1.25 bits per heavy atom. The van der Waals surface area contributed by atoms with Crippen molar-refractivity contribution in [1.82, 2.24) is 10.2 Å². The highest BCUT2D eigenvalue weighted by Gasteiger charge is 2.17. The molecular weight excluding hydrogens is 338 g/mol. The Hall–Kier alpha value is -1.36. The van der Waals surface area contributed by atoms with Crippen LogP contribution >= 0.6 is 27.5 Å². The Balaban J connectivity index is 2.37. The summed E-state index contributed by atoms with van der Waals surface area (Å²) < 4.78 is 0.800. The molecule has 102 valence electrons. The van der Waals surface area contributed by atoms with Crippen molar-refractivity contribution in [1.29, 1.82) is 0 Å². The molecule has 0 aliphatic carbocycles. The van der Waals surface area contributed by atoms with Gasteiger partial charge in [-0.05, 0) is 46.1 Å². The van der Waals surface area contributed by atoms with Gasteiger partial charge in [0.1, 0.15) is 10.1 Å². The maximum absolute atomic E-state index is 6.37. The third kappa shape index (κ3) is 2.24. The van der Waals surface area contributed by atoms with Crippen LogP contribution in [0.2, 0.25) is 5.02 Å². The Labute approximate surface area is 130 Å². The molecule has 0 aliphatic rings. The summed E-state index contributed by atoms with van der Waals surface area (Å²) in [5.74, 6) is 0. The molecule has 3 N–H and O–H groups in total. The van der Waals surface area contributed by atoms with Gasteiger partial charge in [-0.25, -0.2) is 0 Å². The number of hydrogen-bond acceptors (Lipinski definition) is 2. The first-order valence-corrected chi connectivity index (χ1v) is 7.50. The molecular formula is C15H13BrClN3. The minimum Gasteiger partial charge on any atom is -0.330 e. The van der Waals surface area contributed by atoms with Gasteiger partial charge in [0.25, 0.3) is 0 Å². The first-order valence-electron chi connectivity index (χ1n) is 6.33. The van der Waals surface area contributed by atoms with E-state index in [0.717, 1.165) is 38.6 Å². The van der Waals surface area contributed by atoms with Crippen molar-refractivity contribution in [3.05, 3.63) is 51.6 Å². The van der Waals surface area contributed by atoms with Gasteiger partial charge in [0.2, 0.25) is 0 Å². The Morgan fingerprint density at radius 2 is 2.00 bits per heavy atom. The fourth-order valence-electron chi connectivity index (χ4n) is 2.45. The zero-order chi connectivity index (χ0) is 14.1. The lowest BCUT2D eigenvalue weighted by molar-refractivity contribution is 0.971. The largest absolute Gasteiger partial charge is 0.330 e. The van der Waals surface area contributed by atoms with Gasteiger partial charge in [-0.15, -0.1) is 0 Å². The Kier molecular flexibility index (Phi) is 3.78. The number of nitrogens with zero attached hydrogens (tertiary/aromatic N) is 1. The van der Waals surface area contributed by atoms with E-state index in [9.17, 15) is 0 Å². The topological polar surface area (TPSA) is 54.7 Å². The highest BCUT2D eigenvalue weighted by molar-refractivity contribution is 9.10. The van der Waals surface area contributed by atoms with Crippen molar-refractivity contribution in [2.45, 2.75) is 6.42 Å². The van der Waals surface area contributed by atoms with Crippen LogP contribution in [-0.4, -0.2) is 16.7 Å². The number of aromatic amines is 1. The van der Waals surface area contributed by atoms with E-state index in [2.05, 4.69) is 38.3 Å². The van der Waals surface area contributed by atoms with E-state index in [1.54, 1.807) is 0 Å². The highest BCUT2D eigenvalue weighted by Crippen LogP contribution is 2.38. The molecule has 1 aromatic heterocycles. The maximum Gasteiger partial charge on any atom is 0.110 e. The van der Waals surface area contributed by atoms with Crippen LogP contribution in [0.1, 0.15) is 5.56 Å². The van der Waals surface area contributed by atoms with Gasteiger partial charge >= 0.3 is 0 Å². The van der Waals surface area contributed by atoms with Crippen LogP contribution in [0.25, 0.3) is 22.0 Å². The average molecular weight is 351 g/mol. The van der Waals surface area contributed by atoms with E-state index in [0.29, 0.717) is 11.6 Å². The van der Waals surface area contributed by atoms with Crippen LogP contribution in [0.3, 0.4) is 0 Å². The standard InChI is InChI=1S/C15H13BrClN3/c16-15-13-11(17)8-10(6-7-18)12(14(13)19-20-15)9-4-2-1-3-5-9/h1-5,8H,6-7,18H2,(H,19,20). The second-order valence-electron chi connectivity index (χ2n) is 4.56. The van der Waals surface area contributed by atoms with Crippen LogP contribution in [0.4, 0.5) is 0 Å². The Bertz CT molecular complexity index is 753. The molecule has 0 saturated carbocycles. The summed E-state index contributed by atoms with van der Waals surface area (Å²) >= 11 is 9.83. The smallest absolute Gasteiger partial charge is 0.110 e. The second-order valence-corrected chi connectivity index (χ2v) is 5.76. The summed E-state index contributed by atoms with van der Waals surface area (Å²) in [7, 11) is 0. The Morgan fingerprint density at radius 3 is 2.70 bits per heavy atom. The minimum atomic E-state index is 0.577. The number of H-pyrrole nitrogens is 1. The average Bonchev–Trinajstić information content (AvgIpc) is 2.83.